The monoisotopic (exact) mass is 440 g/mol. The number of benzene rings is 1. The van der Waals surface area contributed by atoms with Crippen molar-refractivity contribution in [2.75, 3.05) is 5.32 Å². The summed E-state index contributed by atoms with van der Waals surface area (Å²) >= 11 is 2.56. The Hall–Kier alpha value is -2.83. The zero-order chi connectivity index (χ0) is 21.3. The number of thioether (sulfide) groups is 1. The molecule has 0 bridgehead atoms. The number of amides is 1. The molecule has 3 aromatic rings. The van der Waals surface area contributed by atoms with Crippen molar-refractivity contribution in [3.05, 3.63) is 46.3 Å². The third-order valence-electron chi connectivity index (χ3n) is 5.09. The normalized spacial score (nSPS) is 16.5. The third-order valence-corrected chi connectivity index (χ3v) is 7.39. The van der Waals surface area contributed by atoms with E-state index >= 15 is 0 Å². The largest absolute Gasteiger partial charge is 0.538 e. The van der Waals surface area contributed by atoms with Crippen LogP contribution in [-0.4, -0.2) is 16.4 Å². The number of hydrogen-bond donors (Lipinski definition) is 1. The fraction of sp³-hybridized carbons (Fsp3) is 0.333. The molecule has 2 unspecified atom stereocenters. The van der Waals surface area contributed by atoms with Gasteiger partial charge in [-0.05, 0) is 54.1 Å². The van der Waals surface area contributed by atoms with Gasteiger partial charge in [0.05, 0.1) is 16.1 Å². The highest BCUT2D eigenvalue weighted by Gasteiger charge is 2.29. The van der Waals surface area contributed by atoms with Gasteiger partial charge in [0.2, 0.25) is 11.6 Å². The predicted octanol–water partition coefficient (Wildman–Crippen LogP) is 3.20. The molecule has 1 N–H and O–H groups in total. The van der Waals surface area contributed by atoms with Crippen molar-refractivity contribution >= 4 is 34.0 Å². The Morgan fingerprint density at radius 1 is 1.47 bits per heavy atom. The standard InChI is InChI=1S/C21H20N4O3S2/c1-12-8-9-15-16(11-22)19(30-17(15)10-12)23-18(26)13(2)29-20-21(27)28-24-25(20)14-6-4-3-5-7-14/h3-7,12-13H,8-10H2,1-2H3,(H-,23,24,26,27). The molecule has 154 valence electrons. The number of anilines is 1. The molecule has 1 aliphatic rings. The summed E-state index contributed by atoms with van der Waals surface area (Å²) in [5.41, 5.74) is 2.31. The summed E-state index contributed by atoms with van der Waals surface area (Å²) in [4.78, 5) is 14.0. The summed E-state index contributed by atoms with van der Waals surface area (Å²) in [5.74, 6) is -0.289. The molecular formula is C21H20N4O3S2. The van der Waals surface area contributed by atoms with Crippen LogP contribution in [-0.2, 0) is 17.6 Å². The van der Waals surface area contributed by atoms with Crippen LogP contribution in [0.4, 0.5) is 5.00 Å². The minimum atomic E-state index is -0.596. The van der Waals surface area contributed by atoms with Crippen LogP contribution in [0.2, 0.25) is 0 Å². The van der Waals surface area contributed by atoms with Crippen LogP contribution >= 0.6 is 23.1 Å². The van der Waals surface area contributed by atoms with Gasteiger partial charge in [-0.25, -0.2) is 0 Å². The van der Waals surface area contributed by atoms with E-state index in [0.717, 1.165) is 36.6 Å². The Bertz CT molecular complexity index is 1120. The maximum Gasteiger partial charge on any atom is 0.298 e. The Morgan fingerprint density at radius 3 is 2.97 bits per heavy atom. The SMILES string of the molecule is CC1CCc2c(sc(NC(=O)C(C)Sc3c([O-])on[n+]3-c3ccccc3)c2C#N)C1. The lowest BCUT2D eigenvalue weighted by Crippen LogP contribution is -2.36. The number of para-hydroxylation sites is 1. The van der Waals surface area contributed by atoms with Gasteiger partial charge in [0.25, 0.3) is 5.03 Å². The average Bonchev–Trinajstić information content (AvgIpc) is 3.27. The molecular weight excluding hydrogens is 420 g/mol. The zero-order valence-corrected chi connectivity index (χ0v) is 18.2. The number of nitrogens with zero attached hydrogens (tertiary/aromatic N) is 3. The number of aromatic nitrogens is 2. The van der Waals surface area contributed by atoms with Gasteiger partial charge in [0.1, 0.15) is 11.1 Å². The van der Waals surface area contributed by atoms with Gasteiger partial charge >= 0.3 is 0 Å². The van der Waals surface area contributed by atoms with Crippen LogP contribution in [0.25, 0.3) is 5.69 Å². The number of fused-ring (bicyclic) bond motifs is 1. The summed E-state index contributed by atoms with van der Waals surface area (Å²) in [5, 5.41) is 28.7. The number of carbonyl (C=O) groups is 1. The van der Waals surface area contributed by atoms with E-state index in [2.05, 4.69) is 23.6 Å². The summed E-state index contributed by atoms with van der Waals surface area (Å²) in [6, 6.07) is 11.4. The molecule has 0 saturated carbocycles. The number of hydrogen-bond acceptors (Lipinski definition) is 7. The van der Waals surface area contributed by atoms with Crippen molar-refractivity contribution in [3.8, 4) is 17.7 Å². The Kier molecular flexibility index (Phi) is 5.79. The summed E-state index contributed by atoms with van der Waals surface area (Å²) in [6.07, 6.45) is 2.86. The third kappa shape index (κ3) is 3.93. The van der Waals surface area contributed by atoms with Gasteiger partial charge in [0, 0.05) is 17.0 Å². The maximum absolute atomic E-state index is 12.8. The van der Waals surface area contributed by atoms with E-state index in [0.29, 0.717) is 22.2 Å². The lowest BCUT2D eigenvalue weighted by atomic mass is 9.89. The number of nitrogens with one attached hydrogen (secondary N) is 1. The molecule has 4 rings (SSSR count). The highest BCUT2D eigenvalue weighted by atomic mass is 32.2. The fourth-order valence-electron chi connectivity index (χ4n) is 3.46. The van der Waals surface area contributed by atoms with Crippen LogP contribution < -0.4 is 15.1 Å². The Labute approximate surface area is 182 Å². The molecule has 1 aliphatic carbocycles. The van der Waals surface area contributed by atoms with E-state index < -0.39 is 11.2 Å². The molecule has 0 spiro atoms. The van der Waals surface area contributed by atoms with Crippen molar-refractivity contribution < 1.29 is 19.1 Å². The summed E-state index contributed by atoms with van der Waals surface area (Å²) in [7, 11) is 0. The number of thiophene rings is 1. The van der Waals surface area contributed by atoms with Crippen LogP contribution in [0, 0.1) is 17.2 Å². The van der Waals surface area contributed by atoms with Crippen LogP contribution in [0.15, 0.2) is 39.9 Å². The molecule has 0 saturated heterocycles. The van der Waals surface area contributed by atoms with Crippen LogP contribution in [0.1, 0.15) is 36.3 Å². The quantitative estimate of drug-likeness (QED) is 0.482. The second-order valence-electron chi connectivity index (χ2n) is 7.33. The zero-order valence-electron chi connectivity index (χ0n) is 16.5. The van der Waals surface area contributed by atoms with Crippen LogP contribution in [0.5, 0.6) is 5.95 Å². The van der Waals surface area contributed by atoms with E-state index in [1.54, 1.807) is 19.1 Å². The molecule has 2 aromatic heterocycles. The van der Waals surface area contributed by atoms with Crippen LogP contribution in [0.3, 0.4) is 0 Å². The van der Waals surface area contributed by atoms with Gasteiger partial charge in [-0.15, -0.1) is 11.3 Å². The van der Waals surface area contributed by atoms with Crippen molar-refractivity contribution in [2.45, 2.75) is 43.4 Å². The topological polar surface area (TPSA) is 106 Å². The molecule has 1 aromatic carbocycles. The first kappa shape index (κ1) is 20.4. The lowest BCUT2D eigenvalue weighted by Gasteiger charge is -2.17. The molecule has 2 atom stereocenters. The Balaban J connectivity index is 1.53. The van der Waals surface area contributed by atoms with Crippen molar-refractivity contribution in [1.82, 2.24) is 5.27 Å². The van der Waals surface area contributed by atoms with E-state index in [-0.39, 0.29) is 10.9 Å². The first-order valence-electron chi connectivity index (χ1n) is 9.64. The molecule has 7 nitrogen and oxygen atoms in total. The second kappa shape index (κ2) is 8.50. The molecule has 1 amide bonds. The van der Waals surface area contributed by atoms with Gasteiger partial charge < -0.3 is 14.9 Å². The maximum atomic E-state index is 12.8. The highest BCUT2D eigenvalue weighted by Crippen LogP contribution is 2.39. The highest BCUT2D eigenvalue weighted by molar-refractivity contribution is 8.00. The first-order valence-corrected chi connectivity index (χ1v) is 11.3. The van der Waals surface area contributed by atoms with Gasteiger partial charge in [0.15, 0.2) is 5.95 Å². The predicted molar refractivity (Wildman–Crippen MR) is 112 cm³/mol. The van der Waals surface area contributed by atoms with Gasteiger partial charge in [-0.1, -0.05) is 25.1 Å². The summed E-state index contributed by atoms with van der Waals surface area (Å²) in [6.45, 7) is 3.91. The molecule has 9 heteroatoms. The van der Waals surface area contributed by atoms with Crippen molar-refractivity contribution in [2.24, 2.45) is 5.92 Å². The Morgan fingerprint density at radius 2 is 2.23 bits per heavy atom. The molecule has 0 aliphatic heterocycles. The number of carbonyl (C=O) groups excluding carboxylic acids is 1. The lowest BCUT2D eigenvalue weighted by molar-refractivity contribution is -0.705. The van der Waals surface area contributed by atoms with E-state index in [9.17, 15) is 15.2 Å². The van der Waals surface area contributed by atoms with E-state index in [1.807, 2.05) is 18.2 Å². The van der Waals surface area contributed by atoms with Crippen molar-refractivity contribution in [1.29, 1.82) is 5.26 Å². The molecule has 0 fully saturated rings. The van der Waals surface area contributed by atoms with E-state index in [4.69, 9.17) is 4.52 Å². The molecule has 30 heavy (non-hydrogen) atoms. The van der Waals surface area contributed by atoms with E-state index in [1.165, 1.54) is 20.9 Å². The molecule has 0 radical (unpaired) electrons. The average molecular weight is 441 g/mol. The number of rotatable bonds is 5. The first-order chi connectivity index (χ1) is 14.5. The second-order valence-corrected chi connectivity index (χ2v) is 9.76. The minimum absolute atomic E-state index is 0.226. The van der Waals surface area contributed by atoms with Gasteiger partial charge in [-0.2, -0.15) is 5.26 Å². The number of nitriles is 1. The minimum Gasteiger partial charge on any atom is -0.538 e. The van der Waals surface area contributed by atoms with Crippen molar-refractivity contribution in [3.63, 3.8) is 0 Å². The van der Waals surface area contributed by atoms with Gasteiger partial charge in [-0.3, -0.25) is 4.79 Å². The smallest absolute Gasteiger partial charge is 0.298 e. The fourth-order valence-corrected chi connectivity index (χ4v) is 5.70. The summed E-state index contributed by atoms with van der Waals surface area (Å²) < 4.78 is 6.21. The molecule has 2 heterocycles.